The summed E-state index contributed by atoms with van der Waals surface area (Å²) in [5, 5.41) is 0. The molecule has 1 aliphatic carbocycles. The predicted octanol–water partition coefficient (Wildman–Crippen LogP) is 1.17. The summed E-state index contributed by atoms with van der Waals surface area (Å²) in [5.74, 6) is 0. The second-order valence-electron chi connectivity index (χ2n) is 3.71. The highest BCUT2D eigenvalue weighted by Gasteiger charge is 2.33. The first-order valence-electron chi connectivity index (χ1n) is 5.21. The van der Waals surface area contributed by atoms with Crippen molar-refractivity contribution in [2.24, 2.45) is 0 Å². The zero-order valence-corrected chi connectivity index (χ0v) is 9.32. The van der Waals surface area contributed by atoms with Gasteiger partial charge in [-0.05, 0) is 19.8 Å². The van der Waals surface area contributed by atoms with E-state index in [-0.39, 0.29) is 6.03 Å². The molecule has 14 heavy (non-hydrogen) atoms. The summed E-state index contributed by atoms with van der Waals surface area (Å²) in [4.78, 5) is 15.5. The second-order valence-corrected chi connectivity index (χ2v) is 3.71. The molecule has 0 unspecified atom stereocenters. The van der Waals surface area contributed by atoms with E-state index in [0.717, 1.165) is 19.4 Å². The molecule has 1 aliphatic rings. The molecule has 1 fully saturated rings. The van der Waals surface area contributed by atoms with Crippen LogP contribution in [0.25, 0.3) is 0 Å². The van der Waals surface area contributed by atoms with E-state index < -0.39 is 0 Å². The van der Waals surface area contributed by atoms with E-state index in [9.17, 15) is 4.79 Å². The van der Waals surface area contributed by atoms with Gasteiger partial charge in [-0.2, -0.15) is 0 Å². The molecule has 1 rings (SSSR count). The molecule has 0 radical (unpaired) electrons. The molecule has 0 saturated heterocycles. The van der Waals surface area contributed by atoms with Crippen LogP contribution in [0.3, 0.4) is 0 Å². The van der Waals surface area contributed by atoms with Crippen molar-refractivity contribution in [3.63, 3.8) is 0 Å². The van der Waals surface area contributed by atoms with Crippen LogP contribution in [0.5, 0.6) is 0 Å². The minimum absolute atomic E-state index is 0.132. The summed E-state index contributed by atoms with van der Waals surface area (Å²) < 4.78 is 5.00. The molecule has 0 aromatic rings. The second kappa shape index (κ2) is 5.20. The van der Waals surface area contributed by atoms with Crippen molar-refractivity contribution in [3.05, 3.63) is 0 Å². The number of hydrogen-bond donors (Lipinski definition) is 0. The van der Waals surface area contributed by atoms with Crippen LogP contribution in [0.15, 0.2) is 0 Å². The third-order valence-electron chi connectivity index (χ3n) is 2.57. The van der Waals surface area contributed by atoms with Crippen LogP contribution in [0.1, 0.15) is 19.8 Å². The van der Waals surface area contributed by atoms with Crippen LogP contribution < -0.4 is 0 Å². The largest absolute Gasteiger partial charge is 0.383 e. The van der Waals surface area contributed by atoms with Gasteiger partial charge in [-0.1, -0.05) is 0 Å². The molecule has 4 nitrogen and oxygen atoms in total. The first kappa shape index (κ1) is 11.3. The fraction of sp³-hybridized carbons (Fsp3) is 0.900. The number of methoxy groups -OCH3 is 1. The Kier molecular flexibility index (Phi) is 4.20. The monoisotopic (exact) mass is 200 g/mol. The highest BCUT2D eigenvalue weighted by Crippen LogP contribution is 2.27. The SMILES string of the molecule is CCN(C)C(=O)N(CCOC)C1CC1. The van der Waals surface area contributed by atoms with Crippen molar-refractivity contribution in [2.45, 2.75) is 25.8 Å². The Labute approximate surface area is 85.8 Å². The molecule has 1 saturated carbocycles. The summed E-state index contributed by atoms with van der Waals surface area (Å²) in [5.41, 5.74) is 0. The van der Waals surface area contributed by atoms with Gasteiger partial charge in [0.25, 0.3) is 0 Å². The zero-order valence-electron chi connectivity index (χ0n) is 9.32. The van der Waals surface area contributed by atoms with Crippen LogP contribution in [-0.4, -0.2) is 55.7 Å². The van der Waals surface area contributed by atoms with Gasteiger partial charge >= 0.3 is 6.03 Å². The Morgan fingerprint density at radius 2 is 2.14 bits per heavy atom. The van der Waals surface area contributed by atoms with Crippen LogP contribution in [-0.2, 0) is 4.74 Å². The maximum Gasteiger partial charge on any atom is 0.320 e. The first-order valence-corrected chi connectivity index (χ1v) is 5.21. The normalized spacial score (nSPS) is 15.4. The van der Waals surface area contributed by atoms with Crippen LogP contribution in [0.2, 0.25) is 0 Å². The molecule has 0 atom stereocenters. The van der Waals surface area contributed by atoms with Gasteiger partial charge in [-0.3, -0.25) is 0 Å². The van der Waals surface area contributed by atoms with Crippen molar-refractivity contribution in [1.29, 1.82) is 0 Å². The van der Waals surface area contributed by atoms with Gasteiger partial charge in [0.05, 0.1) is 6.61 Å². The average molecular weight is 200 g/mol. The van der Waals surface area contributed by atoms with E-state index in [1.807, 2.05) is 18.9 Å². The minimum Gasteiger partial charge on any atom is -0.383 e. The first-order chi connectivity index (χ1) is 6.70. The van der Waals surface area contributed by atoms with E-state index in [1.165, 1.54) is 0 Å². The number of rotatable bonds is 5. The number of carbonyl (C=O) groups excluding carboxylic acids is 1. The summed E-state index contributed by atoms with van der Waals surface area (Å²) in [6.07, 6.45) is 2.29. The van der Waals surface area contributed by atoms with Crippen molar-refractivity contribution in [1.82, 2.24) is 9.80 Å². The lowest BCUT2D eigenvalue weighted by molar-refractivity contribution is 0.128. The van der Waals surface area contributed by atoms with Gasteiger partial charge < -0.3 is 14.5 Å². The van der Waals surface area contributed by atoms with Gasteiger partial charge in [-0.25, -0.2) is 4.79 Å². The van der Waals surface area contributed by atoms with Gasteiger partial charge in [0.2, 0.25) is 0 Å². The number of hydrogen-bond acceptors (Lipinski definition) is 2. The van der Waals surface area contributed by atoms with Crippen LogP contribution in [0.4, 0.5) is 4.79 Å². The molecule has 2 amide bonds. The number of amides is 2. The molecular weight excluding hydrogens is 180 g/mol. The Morgan fingerprint density at radius 1 is 1.50 bits per heavy atom. The Balaban J connectivity index is 2.44. The van der Waals surface area contributed by atoms with Crippen molar-refractivity contribution in [3.8, 4) is 0 Å². The maximum absolute atomic E-state index is 11.9. The minimum atomic E-state index is 0.132. The predicted molar refractivity (Wildman–Crippen MR) is 55.3 cm³/mol. The third-order valence-corrected chi connectivity index (χ3v) is 2.57. The van der Waals surface area contributed by atoms with E-state index >= 15 is 0 Å². The fourth-order valence-corrected chi connectivity index (χ4v) is 1.36. The van der Waals surface area contributed by atoms with E-state index in [4.69, 9.17) is 4.74 Å². The van der Waals surface area contributed by atoms with Crippen molar-refractivity contribution in [2.75, 3.05) is 33.9 Å². The van der Waals surface area contributed by atoms with E-state index in [2.05, 4.69) is 0 Å². The molecule has 0 aromatic carbocycles. The van der Waals surface area contributed by atoms with Crippen molar-refractivity contribution < 1.29 is 9.53 Å². The highest BCUT2D eigenvalue weighted by molar-refractivity contribution is 5.74. The number of ether oxygens (including phenoxy) is 1. The van der Waals surface area contributed by atoms with Gasteiger partial charge in [0.15, 0.2) is 0 Å². The molecule has 0 aromatic heterocycles. The Morgan fingerprint density at radius 3 is 2.57 bits per heavy atom. The van der Waals surface area contributed by atoms with Gasteiger partial charge in [0.1, 0.15) is 0 Å². The lowest BCUT2D eigenvalue weighted by Gasteiger charge is -2.27. The third kappa shape index (κ3) is 2.87. The molecule has 0 aliphatic heterocycles. The summed E-state index contributed by atoms with van der Waals surface area (Å²) >= 11 is 0. The number of carbonyl (C=O) groups is 1. The highest BCUT2D eigenvalue weighted by atomic mass is 16.5. The molecule has 0 bridgehead atoms. The molecule has 0 heterocycles. The van der Waals surface area contributed by atoms with E-state index in [0.29, 0.717) is 19.2 Å². The summed E-state index contributed by atoms with van der Waals surface area (Å²) in [7, 11) is 3.50. The van der Waals surface area contributed by atoms with Gasteiger partial charge in [0, 0.05) is 33.3 Å². The molecule has 0 spiro atoms. The Hall–Kier alpha value is -0.770. The van der Waals surface area contributed by atoms with Crippen molar-refractivity contribution >= 4 is 6.03 Å². The van der Waals surface area contributed by atoms with Crippen LogP contribution >= 0.6 is 0 Å². The number of urea groups is 1. The molecular formula is C10H20N2O2. The lowest BCUT2D eigenvalue weighted by Crippen LogP contribution is -2.43. The quantitative estimate of drug-likeness (QED) is 0.667. The van der Waals surface area contributed by atoms with Crippen LogP contribution in [0, 0.1) is 0 Å². The molecule has 0 N–H and O–H groups in total. The smallest absolute Gasteiger partial charge is 0.320 e. The summed E-state index contributed by atoms with van der Waals surface area (Å²) in [6, 6.07) is 0.596. The molecule has 4 heteroatoms. The van der Waals surface area contributed by atoms with E-state index in [1.54, 1.807) is 12.0 Å². The Bertz CT molecular complexity index is 193. The maximum atomic E-state index is 11.9. The average Bonchev–Trinajstić information content (AvgIpc) is 3.01. The lowest BCUT2D eigenvalue weighted by atomic mass is 10.4. The van der Waals surface area contributed by atoms with Gasteiger partial charge in [-0.15, -0.1) is 0 Å². The summed E-state index contributed by atoms with van der Waals surface area (Å²) in [6.45, 7) is 4.08. The number of nitrogens with zero attached hydrogens (tertiary/aromatic N) is 2. The zero-order chi connectivity index (χ0) is 10.6. The fourth-order valence-electron chi connectivity index (χ4n) is 1.36. The molecule has 82 valence electrons. The topological polar surface area (TPSA) is 32.8 Å². The standard InChI is InChI=1S/C10H20N2O2/c1-4-11(2)10(13)12(7-8-14-3)9-5-6-9/h9H,4-8H2,1-3H3.